The molecule has 0 aromatic heterocycles. The molecule has 1 nitrogen and oxygen atoms in total. The van der Waals surface area contributed by atoms with Crippen LogP contribution in [0.15, 0.2) is 18.2 Å². The molecule has 1 aromatic carbocycles. The molecule has 0 radical (unpaired) electrons. The van der Waals surface area contributed by atoms with E-state index in [0.29, 0.717) is 0 Å². The molecule has 15 heavy (non-hydrogen) atoms. The summed E-state index contributed by atoms with van der Waals surface area (Å²) in [6.07, 6.45) is 1.18. The van der Waals surface area contributed by atoms with Crippen molar-refractivity contribution in [3.05, 3.63) is 28.8 Å². The Kier molecular flexibility index (Phi) is 5.96. The first-order valence-electron chi connectivity index (χ1n) is 5.32. The zero-order chi connectivity index (χ0) is 11.1. The van der Waals surface area contributed by atoms with Gasteiger partial charge in [-0.1, -0.05) is 30.7 Å². The Labute approximate surface area is 102 Å². The molecule has 0 spiro atoms. The molecule has 0 bridgehead atoms. The SMILES string of the molecule is CCSCCCNc1c(C)cccc1Cl. The van der Waals surface area contributed by atoms with E-state index < -0.39 is 0 Å². The van der Waals surface area contributed by atoms with Crippen LogP contribution >= 0.6 is 23.4 Å². The highest BCUT2D eigenvalue weighted by Crippen LogP contribution is 2.24. The van der Waals surface area contributed by atoms with Crippen LogP contribution in [0.1, 0.15) is 18.9 Å². The number of aryl methyl sites for hydroxylation is 1. The summed E-state index contributed by atoms with van der Waals surface area (Å²) in [6.45, 7) is 5.27. The lowest BCUT2D eigenvalue weighted by Gasteiger charge is -2.10. The first kappa shape index (κ1) is 12.7. The van der Waals surface area contributed by atoms with Gasteiger partial charge in [0.05, 0.1) is 10.7 Å². The quantitative estimate of drug-likeness (QED) is 0.752. The molecule has 0 saturated heterocycles. The van der Waals surface area contributed by atoms with Crippen molar-refractivity contribution in [1.82, 2.24) is 0 Å². The second kappa shape index (κ2) is 7.02. The summed E-state index contributed by atoms with van der Waals surface area (Å²) in [5.41, 5.74) is 2.30. The maximum absolute atomic E-state index is 6.10. The van der Waals surface area contributed by atoms with Gasteiger partial charge >= 0.3 is 0 Å². The number of anilines is 1. The molecule has 84 valence electrons. The van der Waals surface area contributed by atoms with E-state index in [1.807, 2.05) is 23.9 Å². The fourth-order valence-electron chi connectivity index (χ4n) is 1.39. The predicted octanol–water partition coefficient (Wildman–Crippen LogP) is 4.20. The molecule has 0 fully saturated rings. The molecule has 0 unspecified atom stereocenters. The number of nitrogens with one attached hydrogen (secondary N) is 1. The zero-order valence-corrected chi connectivity index (χ0v) is 10.9. The normalized spacial score (nSPS) is 10.3. The molecule has 0 aliphatic carbocycles. The molecular formula is C12H18ClNS. The monoisotopic (exact) mass is 243 g/mol. The van der Waals surface area contributed by atoms with Gasteiger partial charge in [0.25, 0.3) is 0 Å². The maximum atomic E-state index is 6.10. The number of hydrogen-bond donors (Lipinski definition) is 1. The average Bonchev–Trinajstić information content (AvgIpc) is 2.21. The van der Waals surface area contributed by atoms with Gasteiger partial charge in [0.1, 0.15) is 0 Å². The lowest BCUT2D eigenvalue weighted by Crippen LogP contribution is -2.04. The number of halogens is 1. The van der Waals surface area contributed by atoms with Crippen molar-refractivity contribution in [3.63, 3.8) is 0 Å². The van der Waals surface area contributed by atoms with Crippen molar-refractivity contribution < 1.29 is 0 Å². The number of thioether (sulfide) groups is 1. The van der Waals surface area contributed by atoms with Crippen LogP contribution in [0.4, 0.5) is 5.69 Å². The van der Waals surface area contributed by atoms with Crippen molar-refractivity contribution in [2.24, 2.45) is 0 Å². The summed E-state index contributed by atoms with van der Waals surface area (Å²) in [5, 5.41) is 4.21. The van der Waals surface area contributed by atoms with Gasteiger partial charge in [0.15, 0.2) is 0 Å². The van der Waals surface area contributed by atoms with Gasteiger partial charge in [-0.15, -0.1) is 0 Å². The van der Waals surface area contributed by atoms with E-state index in [-0.39, 0.29) is 0 Å². The number of benzene rings is 1. The first-order valence-corrected chi connectivity index (χ1v) is 6.85. The Morgan fingerprint density at radius 2 is 2.20 bits per heavy atom. The molecular weight excluding hydrogens is 226 g/mol. The Morgan fingerprint density at radius 1 is 1.40 bits per heavy atom. The number of hydrogen-bond acceptors (Lipinski definition) is 2. The molecule has 3 heteroatoms. The summed E-state index contributed by atoms with van der Waals surface area (Å²) in [6, 6.07) is 5.99. The van der Waals surface area contributed by atoms with Gasteiger partial charge in [-0.25, -0.2) is 0 Å². The summed E-state index contributed by atoms with van der Waals surface area (Å²) in [7, 11) is 0. The molecule has 0 amide bonds. The molecule has 0 aliphatic rings. The van der Waals surface area contributed by atoms with Gasteiger partial charge in [-0.2, -0.15) is 11.8 Å². The van der Waals surface area contributed by atoms with Crippen LogP contribution in [0.3, 0.4) is 0 Å². The Balaban J connectivity index is 2.37. The highest BCUT2D eigenvalue weighted by atomic mass is 35.5. The van der Waals surface area contributed by atoms with Crippen LogP contribution < -0.4 is 5.32 Å². The largest absolute Gasteiger partial charge is 0.384 e. The van der Waals surface area contributed by atoms with E-state index >= 15 is 0 Å². The molecule has 1 N–H and O–H groups in total. The Morgan fingerprint density at radius 3 is 2.87 bits per heavy atom. The van der Waals surface area contributed by atoms with Crippen molar-refractivity contribution in [2.45, 2.75) is 20.3 Å². The first-order chi connectivity index (χ1) is 7.25. The lowest BCUT2D eigenvalue weighted by atomic mass is 10.2. The topological polar surface area (TPSA) is 12.0 Å². The van der Waals surface area contributed by atoms with Crippen molar-refractivity contribution >= 4 is 29.1 Å². The van der Waals surface area contributed by atoms with Gasteiger partial charge in [0, 0.05) is 6.54 Å². The minimum atomic E-state index is 0.818. The molecule has 0 aliphatic heterocycles. The van der Waals surface area contributed by atoms with Crippen LogP contribution in [0.25, 0.3) is 0 Å². The summed E-state index contributed by atoms with van der Waals surface area (Å²) in [4.78, 5) is 0. The van der Waals surface area contributed by atoms with E-state index in [9.17, 15) is 0 Å². The molecule has 1 aromatic rings. The fourth-order valence-corrected chi connectivity index (χ4v) is 2.31. The van der Waals surface area contributed by atoms with Gasteiger partial charge in [0.2, 0.25) is 0 Å². The van der Waals surface area contributed by atoms with E-state index in [2.05, 4.69) is 25.2 Å². The highest BCUT2D eigenvalue weighted by molar-refractivity contribution is 7.99. The molecule has 0 saturated carbocycles. The van der Waals surface area contributed by atoms with Crippen LogP contribution in [0.5, 0.6) is 0 Å². The third-order valence-corrected chi connectivity index (χ3v) is 3.49. The Bertz CT molecular complexity index is 281. The van der Waals surface area contributed by atoms with Crippen molar-refractivity contribution in [3.8, 4) is 0 Å². The standard InChI is InChI=1S/C12H18ClNS/c1-3-15-9-5-8-14-12-10(2)6-4-7-11(12)13/h4,6-7,14H,3,5,8-9H2,1-2H3. The number of rotatable bonds is 6. The zero-order valence-electron chi connectivity index (χ0n) is 9.35. The van der Waals surface area contributed by atoms with Crippen molar-refractivity contribution in [2.75, 3.05) is 23.4 Å². The maximum Gasteiger partial charge on any atom is 0.0640 e. The van der Waals surface area contributed by atoms with Gasteiger partial charge in [-0.3, -0.25) is 0 Å². The summed E-state index contributed by atoms with van der Waals surface area (Å²) < 4.78 is 0. The minimum absolute atomic E-state index is 0.818. The Hall–Kier alpha value is -0.340. The average molecular weight is 244 g/mol. The second-order valence-corrected chi connectivity index (χ2v) is 5.21. The van der Waals surface area contributed by atoms with Gasteiger partial charge in [-0.05, 0) is 36.5 Å². The van der Waals surface area contributed by atoms with E-state index in [1.165, 1.54) is 23.5 Å². The van der Waals surface area contributed by atoms with Crippen LogP contribution in [0, 0.1) is 6.92 Å². The van der Waals surface area contributed by atoms with Crippen LogP contribution in [-0.2, 0) is 0 Å². The summed E-state index contributed by atoms with van der Waals surface area (Å²) in [5.74, 6) is 2.41. The van der Waals surface area contributed by atoms with Crippen LogP contribution in [0.2, 0.25) is 5.02 Å². The van der Waals surface area contributed by atoms with Crippen molar-refractivity contribution in [1.29, 1.82) is 0 Å². The molecule has 0 atom stereocenters. The minimum Gasteiger partial charge on any atom is -0.384 e. The molecule has 1 rings (SSSR count). The predicted molar refractivity (Wildman–Crippen MR) is 72.3 cm³/mol. The summed E-state index contributed by atoms with van der Waals surface area (Å²) >= 11 is 8.08. The lowest BCUT2D eigenvalue weighted by molar-refractivity contribution is 0.989. The van der Waals surface area contributed by atoms with E-state index in [1.54, 1.807) is 0 Å². The molecule has 0 heterocycles. The fraction of sp³-hybridized carbons (Fsp3) is 0.500. The third kappa shape index (κ3) is 4.35. The highest BCUT2D eigenvalue weighted by Gasteiger charge is 2.01. The van der Waals surface area contributed by atoms with Crippen LogP contribution in [-0.4, -0.2) is 18.1 Å². The third-order valence-electron chi connectivity index (χ3n) is 2.19. The number of para-hydroxylation sites is 1. The van der Waals surface area contributed by atoms with Gasteiger partial charge < -0.3 is 5.32 Å². The second-order valence-electron chi connectivity index (χ2n) is 3.41. The van der Waals surface area contributed by atoms with E-state index in [0.717, 1.165) is 17.3 Å². The van der Waals surface area contributed by atoms with E-state index in [4.69, 9.17) is 11.6 Å². The smallest absolute Gasteiger partial charge is 0.0640 e.